The molecule has 5 rings (SSSR count). The fourth-order valence-corrected chi connectivity index (χ4v) is 6.15. The highest BCUT2D eigenvalue weighted by atomic mass is 32.2. The molecule has 0 spiro atoms. The van der Waals surface area contributed by atoms with Crippen LogP contribution in [0.4, 0.5) is 5.95 Å². The van der Waals surface area contributed by atoms with Crippen LogP contribution in [0.15, 0.2) is 71.6 Å². The SMILES string of the molecule is Cc1cccc(C)c1-c1cc(OCC(CC(C)(C)C)NCc2ccc3cc(C)n(C)c3n2)nc(NSc2cccc(C(=O)O)c2)n1. The van der Waals surface area contributed by atoms with E-state index < -0.39 is 5.97 Å². The van der Waals surface area contributed by atoms with E-state index in [4.69, 9.17) is 19.7 Å². The number of hydrogen-bond acceptors (Lipinski definition) is 8. The number of carbonyl (C=O) groups is 1. The summed E-state index contributed by atoms with van der Waals surface area (Å²) in [5, 5.41) is 14.2. The molecule has 0 saturated heterocycles. The standard InChI is InChI=1S/C36H42N6O3S/c1-22-10-8-11-23(2)32(22)30-18-31(40-35(39-30)41-46-29-13-9-12-26(17-29)34(43)44)45-21-28(19-36(4,5)6)37-20-27-15-14-25-16-24(3)42(7)33(25)38-27/h8-18,28,37H,19-21H2,1-7H3,(H,43,44)(H,39,40,41). The molecule has 0 fully saturated rings. The molecule has 0 bridgehead atoms. The van der Waals surface area contributed by atoms with Crippen LogP contribution < -0.4 is 14.8 Å². The molecule has 9 nitrogen and oxygen atoms in total. The van der Waals surface area contributed by atoms with E-state index in [1.165, 1.54) is 17.6 Å². The Morgan fingerprint density at radius 1 is 0.978 bits per heavy atom. The molecule has 2 aromatic carbocycles. The topological polar surface area (TPSA) is 114 Å². The highest BCUT2D eigenvalue weighted by Crippen LogP contribution is 2.31. The minimum absolute atomic E-state index is 0.0378. The van der Waals surface area contributed by atoms with Crippen LogP contribution in [0.25, 0.3) is 22.3 Å². The number of nitrogens with zero attached hydrogens (tertiary/aromatic N) is 4. The number of hydrogen-bond donors (Lipinski definition) is 3. The Morgan fingerprint density at radius 2 is 1.72 bits per heavy atom. The number of nitrogens with one attached hydrogen (secondary N) is 2. The zero-order valence-corrected chi connectivity index (χ0v) is 28.3. The maximum atomic E-state index is 11.5. The number of pyridine rings is 1. The molecule has 3 heterocycles. The lowest BCUT2D eigenvalue weighted by molar-refractivity contribution is 0.0696. The monoisotopic (exact) mass is 638 g/mol. The second-order valence-corrected chi connectivity index (χ2v) is 13.8. The highest BCUT2D eigenvalue weighted by Gasteiger charge is 2.21. The molecule has 0 aliphatic carbocycles. The van der Waals surface area contributed by atoms with Crippen LogP contribution in [-0.4, -0.2) is 43.2 Å². The highest BCUT2D eigenvalue weighted by molar-refractivity contribution is 8.00. The maximum Gasteiger partial charge on any atom is 0.335 e. The van der Waals surface area contributed by atoms with Crippen molar-refractivity contribution in [3.8, 4) is 17.1 Å². The molecule has 0 amide bonds. The van der Waals surface area contributed by atoms with Crippen LogP contribution in [0, 0.1) is 26.2 Å². The Morgan fingerprint density at radius 3 is 2.43 bits per heavy atom. The van der Waals surface area contributed by atoms with Gasteiger partial charge in [0.2, 0.25) is 11.8 Å². The molecule has 3 N–H and O–H groups in total. The van der Waals surface area contributed by atoms with Crippen molar-refractivity contribution in [1.29, 1.82) is 0 Å². The van der Waals surface area contributed by atoms with E-state index in [2.05, 4.69) is 86.5 Å². The summed E-state index contributed by atoms with van der Waals surface area (Å²) < 4.78 is 11.7. The van der Waals surface area contributed by atoms with Crippen LogP contribution in [0.3, 0.4) is 0 Å². The van der Waals surface area contributed by atoms with Crippen molar-refractivity contribution in [2.24, 2.45) is 12.5 Å². The van der Waals surface area contributed by atoms with Crippen molar-refractivity contribution in [3.05, 3.63) is 94.8 Å². The second kappa shape index (κ2) is 13.9. The normalized spacial score (nSPS) is 12.3. The summed E-state index contributed by atoms with van der Waals surface area (Å²) in [6, 6.07) is 21.2. The number of aromatic carboxylic acids is 1. The van der Waals surface area contributed by atoms with Gasteiger partial charge < -0.3 is 19.7 Å². The minimum Gasteiger partial charge on any atom is -0.478 e. The third kappa shape index (κ3) is 8.24. The number of ether oxygens (including phenoxy) is 1. The number of benzene rings is 2. The van der Waals surface area contributed by atoms with Gasteiger partial charge in [0.05, 0.1) is 17.0 Å². The molecule has 0 aliphatic heterocycles. The lowest BCUT2D eigenvalue weighted by atomic mass is 9.88. The largest absolute Gasteiger partial charge is 0.478 e. The summed E-state index contributed by atoms with van der Waals surface area (Å²) >= 11 is 1.25. The Balaban J connectivity index is 1.38. The van der Waals surface area contributed by atoms with Crippen molar-refractivity contribution < 1.29 is 14.6 Å². The first-order chi connectivity index (χ1) is 21.9. The van der Waals surface area contributed by atoms with Gasteiger partial charge in [0, 0.05) is 47.2 Å². The number of aryl methyl sites for hydroxylation is 4. The molecule has 0 saturated carbocycles. The molecule has 240 valence electrons. The molecular formula is C36H42N6O3S. The maximum absolute atomic E-state index is 11.5. The molecule has 0 aliphatic rings. The molecule has 1 atom stereocenters. The van der Waals surface area contributed by atoms with Gasteiger partial charge in [0.15, 0.2) is 0 Å². The van der Waals surface area contributed by atoms with Crippen molar-refractivity contribution >= 4 is 34.9 Å². The molecule has 46 heavy (non-hydrogen) atoms. The zero-order chi connectivity index (χ0) is 33.0. The fourth-order valence-electron chi connectivity index (χ4n) is 5.52. The van der Waals surface area contributed by atoms with E-state index in [0.717, 1.165) is 50.4 Å². The van der Waals surface area contributed by atoms with E-state index in [0.29, 0.717) is 25.0 Å². The zero-order valence-electron chi connectivity index (χ0n) is 27.5. The summed E-state index contributed by atoms with van der Waals surface area (Å²) in [6.07, 6.45) is 0.883. The Hall–Kier alpha value is -4.41. The number of aromatic nitrogens is 4. The number of anilines is 1. The quantitative estimate of drug-likeness (QED) is 0.118. The molecule has 1 unspecified atom stereocenters. The van der Waals surface area contributed by atoms with Gasteiger partial charge in [-0.2, -0.15) is 4.98 Å². The second-order valence-electron chi connectivity index (χ2n) is 12.9. The Labute approximate surface area is 275 Å². The number of fused-ring (bicyclic) bond motifs is 1. The van der Waals surface area contributed by atoms with Gasteiger partial charge in [-0.1, -0.05) is 45.0 Å². The van der Waals surface area contributed by atoms with E-state index in [9.17, 15) is 9.90 Å². The third-order valence-corrected chi connectivity index (χ3v) is 8.59. The number of carboxylic acids is 1. The van der Waals surface area contributed by atoms with E-state index in [1.807, 2.05) is 25.2 Å². The van der Waals surface area contributed by atoms with Gasteiger partial charge in [-0.05, 0) is 92.1 Å². The predicted molar refractivity (Wildman–Crippen MR) is 185 cm³/mol. The minimum atomic E-state index is -0.976. The smallest absolute Gasteiger partial charge is 0.335 e. The van der Waals surface area contributed by atoms with Gasteiger partial charge in [-0.25, -0.2) is 14.8 Å². The molecular weight excluding hydrogens is 597 g/mol. The molecule has 5 aromatic rings. The van der Waals surface area contributed by atoms with Crippen LogP contribution in [0.5, 0.6) is 5.88 Å². The van der Waals surface area contributed by atoms with Gasteiger partial charge in [0.25, 0.3) is 0 Å². The Kier molecular flexibility index (Phi) is 9.98. The van der Waals surface area contributed by atoms with Crippen molar-refractivity contribution in [3.63, 3.8) is 0 Å². The van der Waals surface area contributed by atoms with Gasteiger partial charge in [-0.15, -0.1) is 0 Å². The van der Waals surface area contributed by atoms with Crippen LogP contribution in [0.2, 0.25) is 0 Å². The summed E-state index contributed by atoms with van der Waals surface area (Å²) in [5.41, 5.74) is 7.39. The lowest BCUT2D eigenvalue weighted by Gasteiger charge is -2.27. The summed E-state index contributed by atoms with van der Waals surface area (Å²) in [6.45, 7) is 13.9. The first kappa shape index (κ1) is 33.0. The van der Waals surface area contributed by atoms with Crippen LogP contribution >= 0.6 is 11.9 Å². The van der Waals surface area contributed by atoms with Gasteiger partial charge in [-0.3, -0.25) is 4.72 Å². The summed E-state index contributed by atoms with van der Waals surface area (Å²) in [4.78, 5) is 26.6. The number of rotatable bonds is 12. The fraction of sp³-hybridized carbons (Fsp3) is 0.333. The van der Waals surface area contributed by atoms with Gasteiger partial charge >= 0.3 is 5.97 Å². The number of carboxylic acid groups (broad SMARTS) is 1. The van der Waals surface area contributed by atoms with Crippen LogP contribution in [0.1, 0.15) is 60.1 Å². The van der Waals surface area contributed by atoms with E-state index >= 15 is 0 Å². The van der Waals surface area contributed by atoms with Crippen LogP contribution in [-0.2, 0) is 13.6 Å². The third-order valence-electron chi connectivity index (χ3n) is 7.82. The first-order valence-electron chi connectivity index (χ1n) is 15.4. The van der Waals surface area contributed by atoms with Gasteiger partial charge in [0.1, 0.15) is 12.3 Å². The predicted octanol–water partition coefficient (Wildman–Crippen LogP) is 7.75. The first-order valence-corrected chi connectivity index (χ1v) is 16.2. The van der Waals surface area contributed by atoms with Crippen molar-refractivity contribution in [2.75, 3.05) is 11.3 Å². The average Bonchev–Trinajstić information content (AvgIpc) is 3.29. The van der Waals surface area contributed by atoms with E-state index in [-0.39, 0.29) is 17.0 Å². The van der Waals surface area contributed by atoms with Crippen molar-refractivity contribution in [1.82, 2.24) is 24.8 Å². The van der Waals surface area contributed by atoms with E-state index in [1.54, 1.807) is 18.2 Å². The van der Waals surface area contributed by atoms with Crippen molar-refractivity contribution in [2.45, 2.75) is 65.4 Å². The average molecular weight is 639 g/mol. The summed E-state index contributed by atoms with van der Waals surface area (Å²) in [7, 11) is 2.04. The summed E-state index contributed by atoms with van der Waals surface area (Å²) in [5.74, 6) is -0.151. The molecule has 3 aromatic heterocycles. The lowest BCUT2D eigenvalue weighted by Crippen LogP contribution is -2.37. The molecule has 0 radical (unpaired) electrons. The Bertz CT molecular complexity index is 1840. The molecule has 10 heteroatoms.